The van der Waals surface area contributed by atoms with Crippen LogP contribution in [-0.2, 0) is 9.59 Å². The van der Waals surface area contributed by atoms with E-state index in [2.05, 4.69) is 49.2 Å². The number of hydrogen-bond acceptors (Lipinski definition) is 4. The third-order valence-corrected chi connectivity index (χ3v) is 7.56. The fourth-order valence-corrected chi connectivity index (χ4v) is 5.39. The second-order valence-corrected chi connectivity index (χ2v) is 10.2. The van der Waals surface area contributed by atoms with E-state index < -0.39 is 0 Å². The van der Waals surface area contributed by atoms with Crippen LogP contribution in [0.2, 0.25) is 0 Å². The summed E-state index contributed by atoms with van der Waals surface area (Å²) in [6.07, 6.45) is 14.4. The van der Waals surface area contributed by atoms with E-state index in [1.54, 1.807) is 0 Å². The van der Waals surface area contributed by atoms with Crippen molar-refractivity contribution in [3.8, 4) is 0 Å². The van der Waals surface area contributed by atoms with Gasteiger partial charge in [0, 0.05) is 19.0 Å². The molecule has 0 spiro atoms. The molecule has 0 radical (unpaired) electrons. The molecule has 1 atom stereocenters. The molecule has 2 rings (SSSR count). The molecule has 0 fully saturated rings. The maximum Gasteiger partial charge on any atom is 0.247 e. The number of carbonyl (C=O) groups is 2. The van der Waals surface area contributed by atoms with Crippen LogP contribution in [0.5, 0.6) is 0 Å². The van der Waals surface area contributed by atoms with Crippen molar-refractivity contribution >= 4 is 18.4 Å². The maximum atomic E-state index is 12.8. The number of hydrogen-bond donors (Lipinski definition) is 2. The first-order chi connectivity index (χ1) is 16.2. The number of nitrogens with one attached hydrogen (secondary N) is 2. The molecule has 2 N–H and O–H groups in total. The van der Waals surface area contributed by atoms with Gasteiger partial charge in [-0.3, -0.25) is 14.6 Å². The number of amides is 1. The van der Waals surface area contributed by atoms with Crippen LogP contribution < -0.4 is 10.6 Å². The number of allylic oxidation sites excluding steroid dienone is 7. The minimum absolute atomic E-state index is 0.0340. The molecule has 0 saturated heterocycles. The van der Waals surface area contributed by atoms with E-state index >= 15 is 0 Å². The Kier molecular flexibility index (Phi) is 11.2. The van der Waals surface area contributed by atoms with Gasteiger partial charge in [-0.15, -0.1) is 0 Å². The summed E-state index contributed by atoms with van der Waals surface area (Å²) < 4.78 is 0. The van der Waals surface area contributed by atoms with E-state index in [9.17, 15) is 9.59 Å². The third-order valence-electron chi connectivity index (χ3n) is 7.56. The number of aliphatic imine (C=N–C) groups is 1. The predicted octanol–water partition coefficient (Wildman–Crippen LogP) is 5.99. The molecule has 0 bridgehead atoms. The van der Waals surface area contributed by atoms with Crippen molar-refractivity contribution in [1.82, 2.24) is 10.6 Å². The normalized spacial score (nSPS) is 19.0. The first kappa shape index (κ1) is 28.0. The molecule has 0 aromatic carbocycles. The molecule has 2 aliphatic carbocycles. The summed E-state index contributed by atoms with van der Waals surface area (Å²) in [7, 11) is 2.00. The van der Waals surface area contributed by atoms with E-state index in [1.165, 1.54) is 35.6 Å². The maximum absolute atomic E-state index is 12.8. The van der Waals surface area contributed by atoms with Crippen molar-refractivity contribution in [2.24, 2.45) is 10.4 Å². The SMILES string of the molecule is C=N/C(=C\CCC1=CC(C)=C(C(C)(CCNC)CCNC(=O)C2=C(C)CCCC2)CC1)C(C)=O. The molecule has 2 aliphatic rings. The Hall–Kier alpha value is -2.27. The summed E-state index contributed by atoms with van der Waals surface area (Å²) in [5.41, 5.74) is 7.08. The summed E-state index contributed by atoms with van der Waals surface area (Å²) in [6, 6.07) is 0. The van der Waals surface area contributed by atoms with Crippen LogP contribution in [0, 0.1) is 5.41 Å². The van der Waals surface area contributed by atoms with Crippen LogP contribution in [0.3, 0.4) is 0 Å². The molecule has 0 heterocycles. The lowest BCUT2D eigenvalue weighted by Gasteiger charge is -2.36. The second kappa shape index (κ2) is 13.6. The minimum Gasteiger partial charge on any atom is -0.352 e. The highest BCUT2D eigenvalue weighted by molar-refractivity contribution is 5.94. The number of ketones is 1. The summed E-state index contributed by atoms with van der Waals surface area (Å²) in [5, 5.41) is 6.54. The molecule has 34 heavy (non-hydrogen) atoms. The molecule has 0 aliphatic heterocycles. The Morgan fingerprint density at radius 3 is 2.44 bits per heavy atom. The van der Waals surface area contributed by atoms with Gasteiger partial charge >= 0.3 is 0 Å². The van der Waals surface area contributed by atoms with Gasteiger partial charge in [-0.2, -0.15) is 0 Å². The minimum atomic E-state index is -0.0340. The van der Waals surface area contributed by atoms with Gasteiger partial charge in [0.05, 0.1) is 0 Å². The van der Waals surface area contributed by atoms with Crippen molar-refractivity contribution in [3.63, 3.8) is 0 Å². The summed E-state index contributed by atoms with van der Waals surface area (Å²) in [6.45, 7) is 13.4. The predicted molar refractivity (Wildman–Crippen MR) is 143 cm³/mol. The number of rotatable bonds is 13. The number of carbonyl (C=O) groups excluding carboxylic acids is 2. The molecule has 0 saturated carbocycles. The van der Waals surface area contributed by atoms with Gasteiger partial charge in [0.1, 0.15) is 5.70 Å². The van der Waals surface area contributed by atoms with Gasteiger partial charge in [-0.1, -0.05) is 41.4 Å². The largest absolute Gasteiger partial charge is 0.352 e. The molecule has 1 unspecified atom stereocenters. The van der Waals surface area contributed by atoms with Crippen LogP contribution in [0.1, 0.15) is 91.9 Å². The van der Waals surface area contributed by atoms with Gasteiger partial charge in [0.15, 0.2) is 5.78 Å². The highest BCUT2D eigenvalue weighted by atomic mass is 16.1. The first-order valence-corrected chi connectivity index (χ1v) is 12.9. The monoisotopic (exact) mass is 467 g/mol. The van der Waals surface area contributed by atoms with Crippen molar-refractivity contribution in [1.29, 1.82) is 0 Å². The van der Waals surface area contributed by atoms with Crippen molar-refractivity contribution in [3.05, 3.63) is 45.7 Å². The first-order valence-electron chi connectivity index (χ1n) is 12.9. The average molecular weight is 468 g/mol. The Morgan fingerprint density at radius 1 is 1.12 bits per heavy atom. The van der Waals surface area contributed by atoms with Gasteiger partial charge < -0.3 is 10.6 Å². The molecular weight excluding hydrogens is 422 g/mol. The summed E-state index contributed by atoms with van der Waals surface area (Å²) in [5.74, 6) is 0.102. The van der Waals surface area contributed by atoms with E-state index in [0.29, 0.717) is 12.2 Å². The molecule has 0 aromatic heterocycles. The average Bonchev–Trinajstić information content (AvgIpc) is 2.80. The van der Waals surface area contributed by atoms with Crippen LogP contribution in [0.4, 0.5) is 0 Å². The van der Waals surface area contributed by atoms with Crippen LogP contribution in [0.15, 0.2) is 50.7 Å². The zero-order chi connectivity index (χ0) is 25.1. The second-order valence-electron chi connectivity index (χ2n) is 10.2. The topological polar surface area (TPSA) is 70.6 Å². The zero-order valence-corrected chi connectivity index (χ0v) is 22.1. The lowest BCUT2D eigenvalue weighted by Crippen LogP contribution is -2.34. The highest BCUT2D eigenvalue weighted by Crippen LogP contribution is 2.42. The van der Waals surface area contributed by atoms with Gasteiger partial charge in [-0.05, 0) is 104 Å². The fourth-order valence-electron chi connectivity index (χ4n) is 5.39. The van der Waals surface area contributed by atoms with Crippen molar-refractivity contribution < 1.29 is 9.59 Å². The fraction of sp³-hybridized carbons (Fsp3) is 0.621. The quantitative estimate of drug-likeness (QED) is 0.258. The van der Waals surface area contributed by atoms with Crippen molar-refractivity contribution in [2.75, 3.05) is 20.1 Å². The Labute approximate surface area is 207 Å². The molecule has 1 amide bonds. The van der Waals surface area contributed by atoms with Gasteiger partial charge in [-0.25, -0.2) is 0 Å². The number of nitrogens with zero attached hydrogens (tertiary/aromatic N) is 1. The third kappa shape index (κ3) is 7.90. The molecule has 5 nitrogen and oxygen atoms in total. The van der Waals surface area contributed by atoms with Crippen LogP contribution >= 0.6 is 0 Å². The standard InChI is InChI=1S/C29H45N3O2/c1-21-10-7-8-12-25(21)28(34)32-19-17-29(4,16-18-30-5)26-15-14-24(20-22(26)2)11-9-13-27(31-6)23(3)33/h13,20,30H,6-12,14-19H2,1-5H3,(H,32,34)/b27-13-. The lowest BCUT2D eigenvalue weighted by molar-refractivity contribution is -0.118. The summed E-state index contributed by atoms with van der Waals surface area (Å²) in [4.78, 5) is 28.1. The number of Topliss-reactive ketones (excluding diaryl/α,β-unsaturated/α-hetero) is 1. The van der Waals surface area contributed by atoms with Gasteiger partial charge in [0.2, 0.25) is 5.91 Å². The molecule has 5 heteroatoms. The Bertz CT molecular complexity index is 891. The van der Waals surface area contributed by atoms with E-state index in [4.69, 9.17) is 0 Å². The van der Waals surface area contributed by atoms with Crippen molar-refractivity contribution in [2.45, 2.75) is 91.9 Å². The molecular formula is C29H45N3O2. The smallest absolute Gasteiger partial charge is 0.247 e. The Morgan fingerprint density at radius 2 is 1.82 bits per heavy atom. The van der Waals surface area contributed by atoms with E-state index in [-0.39, 0.29) is 17.1 Å². The molecule has 0 aromatic rings. The summed E-state index contributed by atoms with van der Waals surface area (Å²) >= 11 is 0. The zero-order valence-electron chi connectivity index (χ0n) is 22.1. The van der Waals surface area contributed by atoms with Crippen LogP contribution in [-0.4, -0.2) is 38.5 Å². The highest BCUT2D eigenvalue weighted by Gasteiger charge is 2.31. The molecule has 188 valence electrons. The van der Waals surface area contributed by atoms with E-state index in [1.807, 2.05) is 13.1 Å². The van der Waals surface area contributed by atoms with Crippen LogP contribution in [0.25, 0.3) is 0 Å². The van der Waals surface area contributed by atoms with Gasteiger partial charge in [0.25, 0.3) is 0 Å². The Balaban J connectivity index is 2.07. The van der Waals surface area contributed by atoms with E-state index in [0.717, 1.165) is 69.9 Å². The lowest BCUT2D eigenvalue weighted by atomic mass is 9.70.